The smallest absolute Gasteiger partial charge is 0.330 e. The van der Waals surface area contributed by atoms with Crippen LogP contribution in [0.5, 0.6) is 5.75 Å². The molecule has 0 radical (unpaired) electrons. The van der Waals surface area contributed by atoms with Gasteiger partial charge >= 0.3 is 5.69 Å². The lowest BCUT2D eigenvalue weighted by Crippen LogP contribution is -2.43. The number of nitrogen functional groups attached to an aromatic ring is 1. The molecule has 1 heterocycles. The molecule has 0 bridgehead atoms. The molecule has 3 aromatic rings. The number of rotatable bonds is 10. The van der Waals surface area contributed by atoms with Crippen LogP contribution in [0.3, 0.4) is 0 Å². The van der Waals surface area contributed by atoms with Gasteiger partial charge in [-0.15, -0.1) is 0 Å². The maximum absolute atomic E-state index is 13.1. The zero-order chi connectivity index (χ0) is 23.8. The largest absolute Gasteiger partial charge is 0.484 e. The highest BCUT2D eigenvalue weighted by Gasteiger charge is 2.24. The minimum absolute atomic E-state index is 0.0838. The van der Waals surface area contributed by atoms with Crippen molar-refractivity contribution < 1.29 is 14.3 Å². The zero-order valence-corrected chi connectivity index (χ0v) is 18.7. The standard InChI is InChI=1S/C24H28N4O5/c1-17-8-6-11-19(14-17)33-16-20(29)27(12-7-13-32-2)21-22(25)28(24(31)26-23(21)30)15-18-9-4-3-5-10-18/h3-6,8-11,14H,7,12-13,15-16,25H2,1-2H3,(H,26,30,31). The minimum atomic E-state index is -0.733. The molecule has 1 aromatic heterocycles. The van der Waals surface area contributed by atoms with E-state index in [9.17, 15) is 14.4 Å². The molecule has 3 N–H and O–H groups in total. The normalized spacial score (nSPS) is 10.7. The summed E-state index contributed by atoms with van der Waals surface area (Å²) >= 11 is 0. The lowest BCUT2D eigenvalue weighted by atomic mass is 10.2. The number of amides is 1. The Morgan fingerprint density at radius 3 is 2.58 bits per heavy atom. The lowest BCUT2D eigenvalue weighted by molar-refractivity contribution is -0.120. The first-order valence-electron chi connectivity index (χ1n) is 10.6. The summed E-state index contributed by atoms with van der Waals surface area (Å²) in [5.74, 6) is -0.0141. The van der Waals surface area contributed by atoms with Gasteiger partial charge in [-0.2, -0.15) is 0 Å². The van der Waals surface area contributed by atoms with Crippen LogP contribution in [0.15, 0.2) is 64.2 Å². The number of nitrogens with two attached hydrogens (primary N) is 1. The maximum atomic E-state index is 13.1. The van der Waals surface area contributed by atoms with Gasteiger partial charge in [0.25, 0.3) is 11.5 Å². The molecule has 0 atom stereocenters. The van der Waals surface area contributed by atoms with Crippen LogP contribution in [-0.4, -0.2) is 42.3 Å². The number of carbonyl (C=O) groups excluding carboxylic acids is 1. The molecule has 0 saturated heterocycles. The van der Waals surface area contributed by atoms with Gasteiger partial charge in [0.2, 0.25) is 0 Å². The Hall–Kier alpha value is -3.85. The molecule has 33 heavy (non-hydrogen) atoms. The van der Waals surface area contributed by atoms with Gasteiger partial charge in [0.1, 0.15) is 11.6 Å². The molecule has 0 aliphatic rings. The summed E-state index contributed by atoms with van der Waals surface area (Å²) in [6.07, 6.45) is 0.462. The Balaban J connectivity index is 1.93. The van der Waals surface area contributed by atoms with E-state index in [4.69, 9.17) is 15.2 Å². The highest BCUT2D eigenvalue weighted by Crippen LogP contribution is 2.19. The van der Waals surface area contributed by atoms with Crippen molar-refractivity contribution >= 4 is 17.4 Å². The molecule has 2 aromatic carbocycles. The summed E-state index contributed by atoms with van der Waals surface area (Å²) in [6, 6.07) is 16.5. The van der Waals surface area contributed by atoms with Crippen molar-refractivity contribution in [3.05, 3.63) is 86.6 Å². The highest BCUT2D eigenvalue weighted by molar-refractivity contribution is 5.96. The molecule has 174 valence electrons. The number of benzene rings is 2. The van der Waals surface area contributed by atoms with Crippen LogP contribution >= 0.6 is 0 Å². The third-order valence-electron chi connectivity index (χ3n) is 5.05. The second-order valence-corrected chi connectivity index (χ2v) is 7.56. The summed E-state index contributed by atoms with van der Waals surface area (Å²) < 4.78 is 12.0. The van der Waals surface area contributed by atoms with E-state index in [2.05, 4.69) is 4.98 Å². The molecule has 0 aliphatic carbocycles. The van der Waals surface area contributed by atoms with E-state index in [0.717, 1.165) is 11.1 Å². The first-order valence-corrected chi connectivity index (χ1v) is 10.6. The fourth-order valence-electron chi connectivity index (χ4n) is 3.42. The van der Waals surface area contributed by atoms with Crippen molar-refractivity contribution in [2.75, 3.05) is 37.5 Å². The Morgan fingerprint density at radius 1 is 1.12 bits per heavy atom. The molecule has 0 unspecified atom stereocenters. The molecule has 0 aliphatic heterocycles. The quantitative estimate of drug-likeness (QED) is 0.454. The Bertz CT molecular complexity index is 1200. The molecule has 9 nitrogen and oxygen atoms in total. The van der Waals surface area contributed by atoms with Crippen molar-refractivity contribution in [1.82, 2.24) is 9.55 Å². The van der Waals surface area contributed by atoms with Gasteiger partial charge in [-0.3, -0.25) is 19.1 Å². The van der Waals surface area contributed by atoms with E-state index in [1.807, 2.05) is 55.5 Å². The number of aromatic nitrogens is 2. The third-order valence-corrected chi connectivity index (χ3v) is 5.05. The highest BCUT2D eigenvalue weighted by atomic mass is 16.5. The van der Waals surface area contributed by atoms with Crippen molar-refractivity contribution in [3.8, 4) is 5.75 Å². The van der Waals surface area contributed by atoms with Crippen LogP contribution in [0.25, 0.3) is 0 Å². The Labute approximate surface area is 191 Å². The second-order valence-electron chi connectivity index (χ2n) is 7.56. The van der Waals surface area contributed by atoms with E-state index in [1.54, 1.807) is 13.2 Å². The summed E-state index contributed by atoms with van der Waals surface area (Å²) in [5, 5.41) is 0. The van der Waals surface area contributed by atoms with Gasteiger partial charge in [-0.05, 0) is 36.6 Å². The second kappa shape index (κ2) is 11.1. The first kappa shape index (κ1) is 23.8. The van der Waals surface area contributed by atoms with Crippen molar-refractivity contribution in [2.45, 2.75) is 19.9 Å². The molecule has 3 rings (SSSR count). The van der Waals surface area contributed by atoms with Crippen molar-refractivity contribution in [2.24, 2.45) is 0 Å². The molecule has 0 saturated carbocycles. The average Bonchev–Trinajstić information content (AvgIpc) is 2.80. The molecule has 0 spiro atoms. The number of nitrogens with one attached hydrogen (secondary N) is 1. The number of H-pyrrole nitrogens is 1. The Kier molecular flexibility index (Phi) is 8.04. The summed E-state index contributed by atoms with van der Waals surface area (Å²) in [7, 11) is 1.55. The molecule has 1 amide bonds. The predicted octanol–water partition coefficient (Wildman–Crippen LogP) is 1.92. The van der Waals surface area contributed by atoms with Gasteiger partial charge in [0.15, 0.2) is 12.3 Å². The number of hydrogen-bond donors (Lipinski definition) is 2. The molecule has 0 fully saturated rings. The number of hydrogen-bond acceptors (Lipinski definition) is 6. The zero-order valence-electron chi connectivity index (χ0n) is 18.7. The summed E-state index contributed by atoms with van der Waals surface area (Å²) in [6.45, 7) is 2.31. The first-order chi connectivity index (χ1) is 15.9. The van der Waals surface area contributed by atoms with Crippen LogP contribution in [-0.2, 0) is 16.1 Å². The van der Waals surface area contributed by atoms with Crippen LogP contribution in [0.2, 0.25) is 0 Å². The van der Waals surface area contributed by atoms with Crippen LogP contribution < -0.4 is 26.6 Å². The number of carbonyl (C=O) groups is 1. The van der Waals surface area contributed by atoms with E-state index < -0.39 is 17.2 Å². The van der Waals surface area contributed by atoms with Crippen molar-refractivity contribution in [3.63, 3.8) is 0 Å². The minimum Gasteiger partial charge on any atom is -0.484 e. The SMILES string of the molecule is COCCCN(C(=O)COc1cccc(C)c1)c1c(N)n(Cc2ccccc2)c(=O)[nH]c1=O. The third kappa shape index (κ3) is 6.11. The fraction of sp³-hybridized carbons (Fsp3) is 0.292. The van der Waals surface area contributed by atoms with E-state index in [-0.39, 0.29) is 31.2 Å². The fourth-order valence-corrected chi connectivity index (χ4v) is 3.42. The van der Waals surface area contributed by atoms with Crippen LogP contribution in [0.1, 0.15) is 17.5 Å². The number of nitrogens with zero attached hydrogens (tertiary/aromatic N) is 2. The maximum Gasteiger partial charge on any atom is 0.330 e. The number of aromatic amines is 1. The van der Waals surface area contributed by atoms with E-state index in [1.165, 1.54) is 9.47 Å². The van der Waals surface area contributed by atoms with Crippen molar-refractivity contribution in [1.29, 1.82) is 0 Å². The Morgan fingerprint density at radius 2 is 1.88 bits per heavy atom. The molecular weight excluding hydrogens is 424 g/mol. The number of aryl methyl sites for hydroxylation is 1. The topological polar surface area (TPSA) is 120 Å². The summed E-state index contributed by atoms with van der Waals surface area (Å²) in [4.78, 5) is 41.9. The van der Waals surface area contributed by atoms with Gasteiger partial charge < -0.3 is 20.1 Å². The molecule has 9 heteroatoms. The van der Waals surface area contributed by atoms with Gasteiger partial charge in [-0.1, -0.05) is 42.5 Å². The van der Waals surface area contributed by atoms with Gasteiger partial charge in [0.05, 0.1) is 6.54 Å². The average molecular weight is 453 g/mol. The van der Waals surface area contributed by atoms with Crippen LogP contribution in [0.4, 0.5) is 11.5 Å². The van der Waals surface area contributed by atoms with Gasteiger partial charge in [0, 0.05) is 20.3 Å². The predicted molar refractivity (Wildman–Crippen MR) is 127 cm³/mol. The lowest BCUT2D eigenvalue weighted by Gasteiger charge is -2.24. The number of methoxy groups -OCH3 is 1. The van der Waals surface area contributed by atoms with E-state index >= 15 is 0 Å². The van der Waals surface area contributed by atoms with Gasteiger partial charge in [-0.25, -0.2) is 4.79 Å². The number of anilines is 2. The van der Waals surface area contributed by atoms with Crippen LogP contribution in [0, 0.1) is 6.92 Å². The monoisotopic (exact) mass is 452 g/mol. The summed E-state index contributed by atoms with van der Waals surface area (Å²) in [5.41, 5.74) is 6.63. The van der Waals surface area contributed by atoms with E-state index in [0.29, 0.717) is 18.8 Å². The number of ether oxygens (including phenoxy) is 2. The molecular formula is C24H28N4O5.